The number of hydrogen-bond acceptors (Lipinski definition) is 10. The van der Waals surface area contributed by atoms with Crippen LogP contribution >= 0.6 is 0 Å². The Bertz CT molecular complexity index is 827. The van der Waals surface area contributed by atoms with Gasteiger partial charge in [-0.2, -0.15) is 0 Å². The average Bonchev–Trinajstić information content (AvgIpc) is 2.73. The first kappa shape index (κ1) is 19.4. The van der Waals surface area contributed by atoms with Crippen LogP contribution in [0.2, 0.25) is 0 Å². The number of aliphatic hydroxyl groups is 1. The van der Waals surface area contributed by atoms with Crippen molar-refractivity contribution in [1.29, 1.82) is 0 Å². The second-order valence-electron chi connectivity index (χ2n) is 6.02. The predicted molar refractivity (Wildman–Crippen MR) is 99.8 cm³/mol. The summed E-state index contributed by atoms with van der Waals surface area (Å²) in [7, 11) is 0. The highest BCUT2D eigenvalue weighted by molar-refractivity contribution is 5.94. The van der Waals surface area contributed by atoms with E-state index in [1.165, 1.54) is 30.9 Å². The Hall–Kier alpha value is -3.38. The number of carbonyl (C=O) groups is 1. The molecule has 3 heterocycles. The summed E-state index contributed by atoms with van der Waals surface area (Å²) in [5, 5.41) is 20.7. The van der Waals surface area contributed by atoms with Crippen LogP contribution in [-0.4, -0.2) is 75.1 Å². The van der Waals surface area contributed by atoms with Gasteiger partial charge in [0.2, 0.25) is 11.6 Å². The molecule has 1 aliphatic heterocycles. The second-order valence-corrected chi connectivity index (χ2v) is 6.02. The van der Waals surface area contributed by atoms with Gasteiger partial charge in [0.25, 0.3) is 5.91 Å². The topological polar surface area (TPSA) is 150 Å². The summed E-state index contributed by atoms with van der Waals surface area (Å²) in [6, 6.07) is 3.03. The third-order valence-corrected chi connectivity index (χ3v) is 4.31. The van der Waals surface area contributed by atoms with Gasteiger partial charge in [-0.25, -0.2) is 9.97 Å². The van der Waals surface area contributed by atoms with Gasteiger partial charge in [0.1, 0.15) is 6.33 Å². The minimum absolute atomic E-state index is 0.0684. The maximum absolute atomic E-state index is 12.1. The van der Waals surface area contributed by atoms with Crippen LogP contribution in [0, 0.1) is 10.1 Å². The fourth-order valence-corrected chi connectivity index (χ4v) is 2.88. The van der Waals surface area contributed by atoms with E-state index in [4.69, 9.17) is 5.11 Å². The van der Waals surface area contributed by atoms with E-state index < -0.39 is 10.8 Å². The Kier molecular flexibility index (Phi) is 6.24. The van der Waals surface area contributed by atoms with Gasteiger partial charge in [0.05, 0.1) is 11.5 Å². The third kappa shape index (κ3) is 4.47. The van der Waals surface area contributed by atoms with Crippen molar-refractivity contribution in [1.82, 2.24) is 25.3 Å². The highest BCUT2D eigenvalue weighted by Gasteiger charge is 2.29. The summed E-state index contributed by atoms with van der Waals surface area (Å²) in [6.07, 6.45) is 4.15. The summed E-state index contributed by atoms with van der Waals surface area (Å²) >= 11 is 0. The lowest BCUT2D eigenvalue weighted by molar-refractivity contribution is -0.383. The van der Waals surface area contributed by atoms with E-state index in [1.807, 2.05) is 0 Å². The van der Waals surface area contributed by atoms with Gasteiger partial charge in [-0.1, -0.05) is 0 Å². The van der Waals surface area contributed by atoms with Crippen molar-refractivity contribution in [2.45, 2.75) is 0 Å². The Balaban J connectivity index is 1.75. The number of nitrogens with zero attached hydrogens (tertiary/aromatic N) is 6. The fourth-order valence-electron chi connectivity index (χ4n) is 2.88. The highest BCUT2D eigenvalue weighted by Crippen LogP contribution is 2.31. The molecule has 0 aliphatic carbocycles. The number of hydrazine groups is 1. The van der Waals surface area contributed by atoms with Crippen molar-refractivity contribution in [3.05, 3.63) is 46.5 Å². The van der Waals surface area contributed by atoms with E-state index in [9.17, 15) is 14.9 Å². The molecule has 1 amide bonds. The van der Waals surface area contributed by atoms with E-state index in [1.54, 1.807) is 4.90 Å². The normalized spacial score (nSPS) is 14.5. The van der Waals surface area contributed by atoms with Crippen LogP contribution in [0.4, 0.5) is 17.3 Å². The predicted octanol–water partition coefficient (Wildman–Crippen LogP) is -0.349. The Morgan fingerprint density at radius 3 is 2.57 bits per heavy atom. The van der Waals surface area contributed by atoms with E-state index in [-0.39, 0.29) is 23.9 Å². The standard InChI is InChI=1S/C16H20N8O4/c25-10-9-22-5-7-23(8-6-22)15-13(24(27)28)14(18-11-19-15)20-21-16(26)12-1-3-17-4-2-12/h1-4,11,25H,5-10H2,(H,21,26)(H,18,19,20). The second kappa shape index (κ2) is 9.01. The van der Waals surface area contributed by atoms with Crippen molar-refractivity contribution in [2.75, 3.05) is 49.7 Å². The first-order valence-corrected chi connectivity index (χ1v) is 8.64. The van der Waals surface area contributed by atoms with Crippen molar-refractivity contribution >= 4 is 23.2 Å². The number of hydrogen-bond donors (Lipinski definition) is 3. The number of pyridine rings is 1. The molecular formula is C16H20N8O4. The van der Waals surface area contributed by atoms with Gasteiger partial charge in [-0.15, -0.1) is 0 Å². The van der Waals surface area contributed by atoms with Crippen LogP contribution < -0.4 is 15.8 Å². The SMILES string of the molecule is O=C(NNc1ncnc(N2CCN(CCO)CC2)c1[N+](=O)[O-])c1ccncc1. The molecule has 148 valence electrons. The number of nitro groups is 1. The van der Waals surface area contributed by atoms with Crippen LogP contribution in [-0.2, 0) is 0 Å². The van der Waals surface area contributed by atoms with Crippen LogP contribution in [0.5, 0.6) is 0 Å². The molecule has 0 radical (unpaired) electrons. The van der Waals surface area contributed by atoms with Gasteiger partial charge >= 0.3 is 5.69 Å². The first-order chi connectivity index (χ1) is 13.6. The molecule has 12 nitrogen and oxygen atoms in total. The minimum Gasteiger partial charge on any atom is -0.395 e. The maximum atomic E-state index is 12.1. The van der Waals surface area contributed by atoms with Gasteiger partial charge in [-0.3, -0.25) is 35.6 Å². The van der Waals surface area contributed by atoms with Crippen molar-refractivity contribution < 1.29 is 14.8 Å². The minimum atomic E-state index is -0.573. The molecule has 1 fully saturated rings. The smallest absolute Gasteiger partial charge is 0.355 e. The number of amides is 1. The van der Waals surface area contributed by atoms with Crippen LogP contribution in [0.15, 0.2) is 30.9 Å². The molecular weight excluding hydrogens is 368 g/mol. The lowest BCUT2D eigenvalue weighted by atomic mass is 10.2. The maximum Gasteiger partial charge on any atom is 0.355 e. The van der Waals surface area contributed by atoms with E-state index >= 15 is 0 Å². The van der Waals surface area contributed by atoms with Crippen molar-refractivity contribution in [2.24, 2.45) is 0 Å². The Morgan fingerprint density at radius 2 is 1.93 bits per heavy atom. The number of anilines is 2. The average molecular weight is 388 g/mol. The van der Waals surface area contributed by atoms with E-state index in [0.717, 1.165) is 0 Å². The number of β-amino-alcohol motifs (C(OH)–C–C–N with tert-alkyl or cyclic N) is 1. The van der Waals surface area contributed by atoms with E-state index in [2.05, 4.69) is 30.7 Å². The molecule has 0 atom stereocenters. The summed E-state index contributed by atoms with van der Waals surface area (Å²) < 4.78 is 0. The Labute approximate surface area is 160 Å². The zero-order valence-corrected chi connectivity index (χ0v) is 15.0. The molecule has 2 aromatic heterocycles. The molecule has 1 saturated heterocycles. The van der Waals surface area contributed by atoms with Gasteiger partial charge < -0.3 is 10.0 Å². The first-order valence-electron chi connectivity index (χ1n) is 8.64. The number of nitrogens with one attached hydrogen (secondary N) is 2. The lowest BCUT2D eigenvalue weighted by Crippen LogP contribution is -2.47. The van der Waals surface area contributed by atoms with Crippen molar-refractivity contribution in [3.63, 3.8) is 0 Å². The molecule has 0 saturated carbocycles. The number of rotatable bonds is 7. The monoisotopic (exact) mass is 388 g/mol. The molecule has 0 bridgehead atoms. The number of piperazine rings is 1. The molecule has 3 N–H and O–H groups in total. The summed E-state index contributed by atoms with van der Waals surface area (Å²) in [6.45, 7) is 3.00. The third-order valence-electron chi connectivity index (χ3n) is 4.31. The van der Waals surface area contributed by atoms with Gasteiger partial charge in [0, 0.05) is 50.7 Å². The number of carbonyl (C=O) groups excluding carboxylic acids is 1. The van der Waals surface area contributed by atoms with Crippen LogP contribution in [0.3, 0.4) is 0 Å². The van der Waals surface area contributed by atoms with Crippen molar-refractivity contribution in [3.8, 4) is 0 Å². The highest BCUT2D eigenvalue weighted by atomic mass is 16.6. The van der Waals surface area contributed by atoms with Gasteiger partial charge in [-0.05, 0) is 12.1 Å². The molecule has 2 aromatic rings. The fraction of sp³-hybridized carbons (Fsp3) is 0.375. The number of aromatic nitrogens is 3. The summed E-state index contributed by atoms with van der Waals surface area (Å²) in [5.41, 5.74) is 4.95. The molecule has 0 unspecified atom stereocenters. The molecule has 12 heteroatoms. The van der Waals surface area contributed by atoms with Gasteiger partial charge in [0.15, 0.2) is 0 Å². The molecule has 1 aliphatic rings. The quantitative estimate of drug-likeness (QED) is 0.424. The Morgan fingerprint density at radius 1 is 1.21 bits per heavy atom. The largest absolute Gasteiger partial charge is 0.395 e. The lowest BCUT2D eigenvalue weighted by Gasteiger charge is -2.34. The van der Waals surface area contributed by atoms with Crippen LogP contribution in [0.25, 0.3) is 0 Å². The molecule has 0 spiro atoms. The molecule has 0 aromatic carbocycles. The number of aliphatic hydroxyl groups excluding tert-OH is 1. The zero-order valence-electron chi connectivity index (χ0n) is 15.0. The zero-order chi connectivity index (χ0) is 19.9. The molecule has 28 heavy (non-hydrogen) atoms. The molecule has 3 rings (SSSR count). The van der Waals surface area contributed by atoms with E-state index in [0.29, 0.717) is 38.3 Å². The summed E-state index contributed by atoms with van der Waals surface area (Å²) in [5.74, 6) is -0.394. The van der Waals surface area contributed by atoms with Crippen LogP contribution in [0.1, 0.15) is 10.4 Å². The summed E-state index contributed by atoms with van der Waals surface area (Å²) in [4.78, 5) is 38.9.